The topological polar surface area (TPSA) is 88.2 Å². The maximum atomic E-state index is 13.5. The molecule has 0 N–H and O–H groups in total. The van der Waals surface area contributed by atoms with Crippen molar-refractivity contribution in [2.75, 3.05) is 7.11 Å². The second-order valence-corrected chi connectivity index (χ2v) is 9.32. The number of nitrogens with zero attached hydrogens (tertiary/aromatic N) is 4. The third kappa shape index (κ3) is 4.50. The zero-order chi connectivity index (χ0) is 26.0. The van der Waals surface area contributed by atoms with Crippen molar-refractivity contribution < 1.29 is 14.3 Å². The number of imide groups is 1. The first kappa shape index (κ1) is 25.1. The van der Waals surface area contributed by atoms with E-state index in [4.69, 9.17) is 9.84 Å². The van der Waals surface area contributed by atoms with E-state index in [0.717, 1.165) is 15.7 Å². The maximum absolute atomic E-state index is 13.5. The predicted octanol–water partition coefficient (Wildman–Crippen LogP) is 5.70. The number of amides is 2. The number of nitriles is 1. The number of rotatable bonds is 6. The highest BCUT2D eigenvalue weighted by atomic mass is 79.9. The fourth-order valence-corrected chi connectivity index (χ4v) is 4.62. The number of ether oxygens (including phenoxy) is 1. The van der Waals surface area contributed by atoms with E-state index in [2.05, 4.69) is 15.9 Å². The van der Waals surface area contributed by atoms with Crippen molar-refractivity contribution in [1.82, 2.24) is 14.7 Å². The molecule has 7 nitrogen and oxygen atoms in total. The van der Waals surface area contributed by atoms with Crippen LogP contribution in [0.3, 0.4) is 0 Å². The summed E-state index contributed by atoms with van der Waals surface area (Å²) >= 11 is 3.54. The molecule has 2 amide bonds. The molecular weight excluding hydrogens is 520 g/mol. The Kier molecular flexibility index (Phi) is 7.22. The fourth-order valence-electron chi connectivity index (χ4n) is 4.08. The standard InChI is InChI=1S/C28H25BrN4O3/c1-5-17(2)33-27(34)22(18(3)23(15-30)28(33)35)13-20-16-32(21-9-7-6-8-10-21)31-26(20)19-11-12-25(36-4)24(29)14-19/h6-14,16-17H,5H2,1-4H3/b22-13+. The van der Waals surface area contributed by atoms with Gasteiger partial charge < -0.3 is 4.74 Å². The van der Waals surface area contributed by atoms with Gasteiger partial charge in [-0.1, -0.05) is 25.1 Å². The van der Waals surface area contributed by atoms with Crippen molar-refractivity contribution in [2.45, 2.75) is 33.2 Å². The van der Waals surface area contributed by atoms with Crippen LogP contribution in [0.4, 0.5) is 0 Å². The van der Waals surface area contributed by atoms with Crippen LogP contribution in [-0.2, 0) is 9.59 Å². The summed E-state index contributed by atoms with van der Waals surface area (Å²) in [6.45, 7) is 5.34. The smallest absolute Gasteiger partial charge is 0.271 e. The van der Waals surface area contributed by atoms with Crippen LogP contribution in [0.2, 0.25) is 0 Å². The van der Waals surface area contributed by atoms with Crippen molar-refractivity contribution in [3.63, 3.8) is 0 Å². The van der Waals surface area contributed by atoms with Crippen LogP contribution >= 0.6 is 15.9 Å². The van der Waals surface area contributed by atoms with E-state index in [-0.39, 0.29) is 11.6 Å². The molecule has 182 valence electrons. The van der Waals surface area contributed by atoms with Crippen LogP contribution in [0.15, 0.2) is 75.9 Å². The molecule has 0 saturated carbocycles. The molecule has 4 rings (SSSR count). The second-order valence-electron chi connectivity index (χ2n) is 8.47. The minimum Gasteiger partial charge on any atom is -0.496 e. The number of carbonyl (C=O) groups excluding carboxylic acids is 2. The number of aromatic nitrogens is 2. The Morgan fingerprint density at radius 2 is 1.89 bits per heavy atom. The first-order valence-electron chi connectivity index (χ1n) is 11.5. The zero-order valence-corrected chi connectivity index (χ0v) is 22.0. The highest BCUT2D eigenvalue weighted by Gasteiger charge is 2.37. The van der Waals surface area contributed by atoms with Crippen LogP contribution < -0.4 is 4.74 Å². The molecule has 0 spiro atoms. The van der Waals surface area contributed by atoms with Gasteiger partial charge in [0.05, 0.1) is 17.3 Å². The number of benzene rings is 2. The molecule has 8 heteroatoms. The highest BCUT2D eigenvalue weighted by Crippen LogP contribution is 2.35. The molecule has 0 bridgehead atoms. The number of carbonyl (C=O) groups is 2. The van der Waals surface area contributed by atoms with Crippen LogP contribution in [0.25, 0.3) is 23.0 Å². The molecule has 1 atom stereocenters. The van der Waals surface area contributed by atoms with Gasteiger partial charge in [0.1, 0.15) is 23.1 Å². The summed E-state index contributed by atoms with van der Waals surface area (Å²) in [7, 11) is 1.60. The van der Waals surface area contributed by atoms with Gasteiger partial charge in [0, 0.05) is 28.9 Å². The van der Waals surface area contributed by atoms with Crippen molar-refractivity contribution >= 4 is 33.8 Å². The maximum Gasteiger partial charge on any atom is 0.271 e. The third-order valence-electron chi connectivity index (χ3n) is 6.29. The van der Waals surface area contributed by atoms with Crippen molar-refractivity contribution in [3.8, 4) is 28.8 Å². The lowest BCUT2D eigenvalue weighted by molar-refractivity contribution is -0.142. The minimum atomic E-state index is -0.550. The Morgan fingerprint density at radius 3 is 2.50 bits per heavy atom. The molecule has 1 aromatic heterocycles. The van der Waals surface area contributed by atoms with Gasteiger partial charge in [-0.15, -0.1) is 0 Å². The van der Waals surface area contributed by atoms with Crippen molar-refractivity contribution in [1.29, 1.82) is 5.26 Å². The zero-order valence-electron chi connectivity index (χ0n) is 20.4. The van der Waals surface area contributed by atoms with E-state index < -0.39 is 11.8 Å². The monoisotopic (exact) mass is 544 g/mol. The number of methoxy groups -OCH3 is 1. The molecule has 2 aromatic carbocycles. The Bertz CT molecular complexity index is 1450. The van der Waals surface area contributed by atoms with E-state index in [1.54, 1.807) is 31.7 Å². The molecule has 1 aliphatic rings. The summed E-state index contributed by atoms with van der Waals surface area (Å²) in [6.07, 6.45) is 4.14. The molecular formula is C28H25BrN4O3. The molecule has 1 aliphatic heterocycles. The summed E-state index contributed by atoms with van der Waals surface area (Å²) in [5.41, 5.74) is 3.62. The van der Waals surface area contributed by atoms with E-state index >= 15 is 0 Å². The van der Waals surface area contributed by atoms with Gasteiger partial charge in [0.25, 0.3) is 11.8 Å². The van der Waals surface area contributed by atoms with Crippen LogP contribution in [-0.4, -0.2) is 39.6 Å². The molecule has 0 fully saturated rings. The normalized spacial score (nSPS) is 15.9. The molecule has 0 aliphatic carbocycles. The van der Waals surface area contributed by atoms with Gasteiger partial charge in [0.15, 0.2) is 0 Å². The molecule has 1 unspecified atom stereocenters. The fraction of sp³-hybridized carbons (Fsp3) is 0.214. The Labute approximate surface area is 218 Å². The Morgan fingerprint density at radius 1 is 1.17 bits per heavy atom. The number of hydrogen-bond donors (Lipinski definition) is 0. The molecule has 0 saturated heterocycles. The molecule has 3 aromatic rings. The van der Waals surface area contributed by atoms with Gasteiger partial charge in [-0.2, -0.15) is 10.4 Å². The lowest BCUT2D eigenvalue weighted by Crippen LogP contribution is -2.47. The summed E-state index contributed by atoms with van der Waals surface area (Å²) in [5, 5.41) is 14.5. The van der Waals surface area contributed by atoms with Crippen molar-refractivity contribution in [2.24, 2.45) is 0 Å². The number of halogens is 1. The Hall–Kier alpha value is -3.96. The lowest BCUT2D eigenvalue weighted by Gasteiger charge is -2.31. The Balaban J connectivity index is 1.94. The summed E-state index contributed by atoms with van der Waals surface area (Å²) in [6, 6.07) is 16.9. The average molecular weight is 545 g/mol. The second kappa shape index (κ2) is 10.3. The van der Waals surface area contributed by atoms with E-state index in [0.29, 0.717) is 34.6 Å². The first-order valence-corrected chi connectivity index (χ1v) is 12.3. The highest BCUT2D eigenvalue weighted by molar-refractivity contribution is 9.10. The van der Waals surface area contributed by atoms with E-state index in [1.165, 1.54) is 4.90 Å². The van der Waals surface area contributed by atoms with Gasteiger partial charge in [0.2, 0.25) is 0 Å². The average Bonchev–Trinajstić information content (AvgIpc) is 3.31. The van der Waals surface area contributed by atoms with Gasteiger partial charge in [-0.3, -0.25) is 14.5 Å². The quantitative estimate of drug-likeness (QED) is 0.293. The SMILES string of the molecule is CCC(C)N1C(=O)C(C#N)=C(C)/C(=C\c2cn(-c3ccccc3)nc2-c2ccc(OC)c(Br)c2)C1=O. The van der Waals surface area contributed by atoms with Crippen molar-refractivity contribution in [3.05, 3.63) is 81.5 Å². The molecule has 36 heavy (non-hydrogen) atoms. The van der Waals surface area contributed by atoms with Crippen LogP contribution in [0.5, 0.6) is 5.75 Å². The predicted molar refractivity (Wildman–Crippen MR) is 141 cm³/mol. The third-order valence-corrected chi connectivity index (χ3v) is 6.91. The lowest BCUT2D eigenvalue weighted by atomic mass is 9.92. The first-order chi connectivity index (χ1) is 17.3. The van der Waals surface area contributed by atoms with Gasteiger partial charge in [-0.25, -0.2) is 4.68 Å². The summed E-state index contributed by atoms with van der Waals surface area (Å²) in [4.78, 5) is 27.6. The minimum absolute atomic E-state index is 0.0228. The van der Waals surface area contributed by atoms with Gasteiger partial charge >= 0.3 is 0 Å². The number of para-hydroxylation sites is 1. The molecule has 2 heterocycles. The largest absolute Gasteiger partial charge is 0.496 e. The summed E-state index contributed by atoms with van der Waals surface area (Å²) < 4.78 is 7.88. The number of hydrogen-bond acceptors (Lipinski definition) is 5. The van der Waals surface area contributed by atoms with E-state index in [9.17, 15) is 14.9 Å². The van der Waals surface area contributed by atoms with E-state index in [1.807, 2.05) is 67.7 Å². The van der Waals surface area contributed by atoms with Crippen LogP contribution in [0, 0.1) is 11.3 Å². The van der Waals surface area contributed by atoms with Crippen LogP contribution in [0.1, 0.15) is 32.8 Å². The molecule has 0 radical (unpaired) electrons. The summed E-state index contributed by atoms with van der Waals surface area (Å²) in [5.74, 6) is -0.283. The van der Waals surface area contributed by atoms with Gasteiger partial charge in [-0.05, 0) is 78.2 Å².